The van der Waals surface area contributed by atoms with Crippen LogP contribution in [0.5, 0.6) is 0 Å². The Kier molecular flexibility index (Phi) is 6.73. The molecule has 1 aliphatic rings. The van der Waals surface area contributed by atoms with Crippen LogP contribution in [0.3, 0.4) is 0 Å². The number of hydrogen-bond donors (Lipinski definition) is 1. The molecule has 1 aliphatic carbocycles. The Balaban J connectivity index is 2.61. The fraction of sp³-hybridized carbons (Fsp3) is 0.600. The second-order valence-corrected chi connectivity index (χ2v) is 4.54. The van der Waals surface area contributed by atoms with Gasteiger partial charge in [0.25, 0.3) is 5.91 Å². The summed E-state index contributed by atoms with van der Waals surface area (Å²) in [6.45, 7) is 3.66. The predicted octanol–water partition coefficient (Wildman–Crippen LogP) is 1.80. The van der Waals surface area contributed by atoms with Crippen LogP contribution in [0, 0.1) is 17.8 Å². The molecule has 4 heteroatoms. The van der Waals surface area contributed by atoms with E-state index in [2.05, 4.69) is 29.3 Å². The number of amides is 1. The predicted molar refractivity (Wildman–Crippen MR) is 73.1 cm³/mol. The topological polar surface area (TPSA) is 55.4 Å². The minimum absolute atomic E-state index is 0.315. The van der Waals surface area contributed by atoms with Crippen LogP contribution in [0.4, 0.5) is 0 Å². The van der Waals surface area contributed by atoms with E-state index in [0.717, 1.165) is 19.3 Å². The van der Waals surface area contributed by atoms with Crippen LogP contribution < -0.4 is 5.32 Å². The van der Waals surface area contributed by atoms with E-state index >= 15 is 0 Å². The molecule has 0 aromatic rings. The van der Waals surface area contributed by atoms with Crippen molar-refractivity contribution in [3.63, 3.8) is 0 Å². The lowest BCUT2D eigenvalue weighted by atomic mass is 9.88. The lowest BCUT2D eigenvalue weighted by Gasteiger charge is -2.23. The summed E-state index contributed by atoms with van der Waals surface area (Å²) in [7, 11) is 0. The first-order valence-electron chi connectivity index (χ1n) is 6.72. The molecule has 0 saturated heterocycles. The number of rotatable bonds is 5. The lowest BCUT2D eigenvalue weighted by Crippen LogP contribution is -2.42. The number of nitrogens with one attached hydrogen (secondary N) is 1. The zero-order valence-corrected chi connectivity index (χ0v) is 11.6. The van der Waals surface area contributed by atoms with Crippen molar-refractivity contribution in [3.8, 4) is 11.8 Å². The Morgan fingerprint density at radius 2 is 2.26 bits per heavy atom. The van der Waals surface area contributed by atoms with E-state index in [1.54, 1.807) is 13.8 Å². The van der Waals surface area contributed by atoms with Gasteiger partial charge in [0, 0.05) is 0 Å². The number of carbonyl (C=O) groups excluding carboxylic acids is 2. The zero-order valence-electron chi connectivity index (χ0n) is 11.6. The highest BCUT2D eigenvalue weighted by Gasteiger charge is 2.25. The molecule has 2 unspecified atom stereocenters. The smallest absolute Gasteiger partial charge is 0.328 e. The third-order valence-electron chi connectivity index (χ3n) is 3.06. The number of carbonyl (C=O) groups is 2. The Morgan fingerprint density at radius 1 is 1.47 bits per heavy atom. The molecule has 1 amide bonds. The third kappa shape index (κ3) is 5.60. The maximum Gasteiger partial charge on any atom is 0.328 e. The molecule has 104 valence electrons. The first-order valence-corrected chi connectivity index (χ1v) is 6.72. The van der Waals surface area contributed by atoms with Crippen LogP contribution in [0.2, 0.25) is 0 Å². The van der Waals surface area contributed by atoms with E-state index < -0.39 is 11.9 Å². The summed E-state index contributed by atoms with van der Waals surface area (Å²) in [4.78, 5) is 23.4. The van der Waals surface area contributed by atoms with Crippen molar-refractivity contribution in [1.82, 2.24) is 5.32 Å². The second kappa shape index (κ2) is 8.36. The molecule has 1 rings (SSSR count). The SMILES string of the molecule is CC#CC(=O)NC(CC1CC=CCC1)C(=O)OCC. The molecule has 0 aromatic carbocycles. The van der Waals surface area contributed by atoms with Crippen LogP contribution in [0.15, 0.2) is 12.2 Å². The van der Waals surface area contributed by atoms with Gasteiger partial charge in [-0.3, -0.25) is 4.79 Å². The van der Waals surface area contributed by atoms with E-state index in [9.17, 15) is 9.59 Å². The molecule has 0 aliphatic heterocycles. The Bertz CT molecular complexity index is 403. The van der Waals surface area contributed by atoms with Gasteiger partial charge < -0.3 is 10.1 Å². The summed E-state index contributed by atoms with van der Waals surface area (Å²) in [6.07, 6.45) is 7.91. The van der Waals surface area contributed by atoms with Gasteiger partial charge in [-0.05, 0) is 51.4 Å². The molecule has 1 N–H and O–H groups in total. The van der Waals surface area contributed by atoms with Crippen molar-refractivity contribution in [3.05, 3.63) is 12.2 Å². The Labute approximate surface area is 114 Å². The molecule has 0 saturated carbocycles. The molecular weight excluding hydrogens is 242 g/mol. The number of hydrogen-bond acceptors (Lipinski definition) is 3. The van der Waals surface area contributed by atoms with E-state index in [-0.39, 0.29) is 5.97 Å². The molecule has 0 heterocycles. The van der Waals surface area contributed by atoms with Gasteiger partial charge in [0.1, 0.15) is 6.04 Å². The van der Waals surface area contributed by atoms with E-state index in [0.29, 0.717) is 18.9 Å². The fourth-order valence-electron chi connectivity index (χ4n) is 2.17. The highest BCUT2D eigenvalue weighted by molar-refractivity contribution is 5.96. The van der Waals surface area contributed by atoms with Crippen LogP contribution in [-0.2, 0) is 14.3 Å². The second-order valence-electron chi connectivity index (χ2n) is 4.54. The number of ether oxygens (including phenoxy) is 1. The number of allylic oxidation sites excluding steroid dienone is 2. The maximum atomic E-state index is 11.9. The summed E-state index contributed by atoms with van der Waals surface area (Å²) in [5.74, 6) is 4.53. The van der Waals surface area contributed by atoms with Crippen molar-refractivity contribution < 1.29 is 14.3 Å². The van der Waals surface area contributed by atoms with Gasteiger partial charge in [0.05, 0.1) is 6.61 Å². The van der Waals surface area contributed by atoms with Crippen LogP contribution >= 0.6 is 0 Å². The standard InChI is InChI=1S/C15H21NO3/c1-3-8-14(17)16-13(15(18)19-4-2)11-12-9-6-5-7-10-12/h5-6,12-13H,4,7,9-11H2,1-2H3,(H,16,17). The molecule has 0 fully saturated rings. The van der Waals surface area contributed by atoms with Gasteiger partial charge in [-0.1, -0.05) is 18.1 Å². The highest BCUT2D eigenvalue weighted by Crippen LogP contribution is 2.23. The molecule has 4 nitrogen and oxygen atoms in total. The summed E-state index contributed by atoms with van der Waals surface area (Å²) in [6, 6.07) is -0.593. The van der Waals surface area contributed by atoms with Gasteiger partial charge in [0.15, 0.2) is 0 Å². The Hall–Kier alpha value is -1.76. The monoisotopic (exact) mass is 263 g/mol. The summed E-state index contributed by atoms with van der Waals surface area (Å²) < 4.78 is 5.00. The third-order valence-corrected chi connectivity index (χ3v) is 3.06. The van der Waals surface area contributed by atoms with Crippen LogP contribution in [0.25, 0.3) is 0 Å². The van der Waals surface area contributed by atoms with Crippen LogP contribution in [-0.4, -0.2) is 24.5 Å². The van der Waals surface area contributed by atoms with Crippen molar-refractivity contribution in [2.24, 2.45) is 5.92 Å². The summed E-state index contributed by atoms with van der Waals surface area (Å²) >= 11 is 0. The van der Waals surface area contributed by atoms with Crippen molar-refractivity contribution in [1.29, 1.82) is 0 Å². The molecule has 0 radical (unpaired) electrons. The molecule has 0 spiro atoms. The zero-order chi connectivity index (χ0) is 14.1. The average molecular weight is 263 g/mol. The summed E-state index contributed by atoms with van der Waals surface area (Å²) in [5.41, 5.74) is 0. The average Bonchev–Trinajstić information content (AvgIpc) is 2.40. The van der Waals surface area contributed by atoms with E-state index in [1.807, 2.05) is 0 Å². The number of esters is 1. The van der Waals surface area contributed by atoms with Crippen molar-refractivity contribution in [2.75, 3.05) is 6.61 Å². The minimum Gasteiger partial charge on any atom is -0.464 e. The lowest BCUT2D eigenvalue weighted by molar-refractivity contribution is -0.147. The largest absolute Gasteiger partial charge is 0.464 e. The molecule has 19 heavy (non-hydrogen) atoms. The maximum absolute atomic E-state index is 11.9. The molecule has 0 aromatic heterocycles. The first-order chi connectivity index (χ1) is 9.17. The highest BCUT2D eigenvalue weighted by atomic mass is 16.5. The van der Waals surface area contributed by atoms with E-state index in [1.165, 1.54) is 0 Å². The molecule has 2 atom stereocenters. The summed E-state index contributed by atoms with van der Waals surface area (Å²) in [5, 5.41) is 2.64. The van der Waals surface area contributed by atoms with Gasteiger partial charge in [-0.2, -0.15) is 0 Å². The van der Waals surface area contributed by atoms with Crippen LogP contribution in [0.1, 0.15) is 39.5 Å². The quantitative estimate of drug-likeness (QED) is 0.467. The molecular formula is C15H21NO3. The van der Waals surface area contributed by atoms with Gasteiger partial charge in [-0.15, -0.1) is 0 Å². The van der Waals surface area contributed by atoms with Gasteiger partial charge in [-0.25, -0.2) is 4.79 Å². The Morgan fingerprint density at radius 3 is 2.84 bits per heavy atom. The minimum atomic E-state index is -0.593. The fourth-order valence-corrected chi connectivity index (χ4v) is 2.17. The van der Waals surface area contributed by atoms with Crippen molar-refractivity contribution >= 4 is 11.9 Å². The van der Waals surface area contributed by atoms with Crippen molar-refractivity contribution in [2.45, 2.75) is 45.6 Å². The molecule has 0 bridgehead atoms. The van der Waals surface area contributed by atoms with Gasteiger partial charge >= 0.3 is 5.97 Å². The van der Waals surface area contributed by atoms with E-state index in [4.69, 9.17) is 4.74 Å². The normalized spacial score (nSPS) is 18.9. The van der Waals surface area contributed by atoms with Gasteiger partial charge in [0.2, 0.25) is 0 Å². The first kappa shape index (κ1) is 15.3.